The monoisotopic (exact) mass is 343 g/mol. The molecule has 24 heavy (non-hydrogen) atoms. The number of tetrazole rings is 1. The Hall–Kier alpha value is -2.94. The van der Waals surface area contributed by atoms with Gasteiger partial charge >= 0.3 is 0 Å². The van der Waals surface area contributed by atoms with Crippen LogP contribution in [-0.4, -0.2) is 32.2 Å². The van der Waals surface area contributed by atoms with Crippen LogP contribution in [0.25, 0.3) is 5.69 Å². The Morgan fingerprint density at radius 1 is 1.25 bits per heavy atom. The van der Waals surface area contributed by atoms with Crippen LogP contribution >= 0.6 is 11.8 Å². The number of methoxy groups -OCH3 is 1. The minimum absolute atomic E-state index is 0.0223. The van der Waals surface area contributed by atoms with E-state index < -0.39 is 4.92 Å². The molecule has 8 nitrogen and oxygen atoms in total. The number of aromatic nitrogens is 4. The largest absolute Gasteiger partial charge is 0.496 e. The average molecular weight is 343 g/mol. The van der Waals surface area contributed by atoms with E-state index in [1.165, 1.54) is 31.0 Å². The summed E-state index contributed by atoms with van der Waals surface area (Å²) in [5, 5.41) is 23.2. The number of rotatable bonds is 6. The Morgan fingerprint density at radius 2 is 2.04 bits per heavy atom. The fourth-order valence-electron chi connectivity index (χ4n) is 2.13. The second-order valence-corrected chi connectivity index (χ2v) is 5.69. The number of non-ortho nitro benzene ring substituents is 1. The second-order valence-electron chi connectivity index (χ2n) is 4.75. The number of nitrogens with zero attached hydrogens (tertiary/aromatic N) is 5. The Bertz CT molecular complexity index is 853. The molecule has 1 aromatic heterocycles. The van der Waals surface area contributed by atoms with E-state index in [9.17, 15) is 10.1 Å². The van der Waals surface area contributed by atoms with Crippen LogP contribution < -0.4 is 4.74 Å². The molecule has 0 aliphatic rings. The van der Waals surface area contributed by atoms with Gasteiger partial charge in [0, 0.05) is 23.4 Å². The number of ether oxygens (including phenoxy) is 1. The number of nitro benzene ring substituents is 1. The number of nitro groups is 1. The molecule has 0 radical (unpaired) electrons. The van der Waals surface area contributed by atoms with Gasteiger partial charge in [-0.05, 0) is 28.6 Å². The summed E-state index contributed by atoms with van der Waals surface area (Å²) in [4.78, 5) is 10.5. The summed E-state index contributed by atoms with van der Waals surface area (Å²) in [7, 11) is 1.53. The molecular formula is C15H13N5O3S. The summed E-state index contributed by atoms with van der Waals surface area (Å²) in [5.74, 6) is 1.03. The number of hydrogen-bond acceptors (Lipinski definition) is 7. The zero-order valence-corrected chi connectivity index (χ0v) is 13.5. The summed E-state index contributed by atoms with van der Waals surface area (Å²) in [5.41, 5.74) is 1.57. The molecule has 0 fully saturated rings. The highest BCUT2D eigenvalue weighted by Gasteiger charge is 2.14. The van der Waals surface area contributed by atoms with E-state index in [-0.39, 0.29) is 5.69 Å². The molecule has 0 saturated heterocycles. The summed E-state index contributed by atoms with van der Waals surface area (Å²) in [6.07, 6.45) is 0. The van der Waals surface area contributed by atoms with Crippen molar-refractivity contribution in [3.05, 3.63) is 64.2 Å². The zero-order chi connectivity index (χ0) is 16.9. The maximum atomic E-state index is 10.9. The van der Waals surface area contributed by atoms with Crippen LogP contribution in [0.2, 0.25) is 0 Å². The van der Waals surface area contributed by atoms with Gasteiger partial charge in [-0.1, -0.05) is 30.0 Å². The Morgan fingerprint density at radius 3 is 2.75 bits per heavy atom. The molecule has 122 valence electrons. The van der Waals surface area contributed by atoms with Crippen molar-refractivity contribution >= 4 is 17.4 Å². The van der Waals surface area contributed by atoms with Crippen LogP contribution in [-0.2, 0) is 5.75 Å². The van der Waals surface area contributed by atoms with Crippen LogP contribution in [0.1, 0.15) is 5.56 Å². The maximum Gasteiger partial charge on any atom is 0.270 e. The Labute approximate surface area is 141 Å². The third-order valence-corrected chi connectivity index (χ3v) is 4.24. The minimum atomic E-state index is -0.429. The molecular weight excluding hydrogens is 330 g/mol. The highest BCUT2D eigenvalue weighted by Crippen LogP contribution is 2.30. The van der Waals surface area contributed by atoms with Gasteiger partial charge in [0.15, 0.2) is 0 Å². The van der Waals surface area contributed by atoms with Crippen LogP contribution in [0.5, 0.6) is 5.75 Å². The standard InChI is InChI=1S/C15H13N5O3S/c1-23-14-8-7-13(20(21)22)9-11(14)10-24-15-16-17-18-19(15)12-5-3-2-4-6-12/h2-9H,10H2,1H3. The van der Waals surface area contributed by atoms with E-state index in [0.717, 1.165) is 5.69 Å². The lowest BCUT2D eigenvalue weighted by Crippen LogP contribution is -1.99. The van der Waals surface area contributed by atoms with Crippen LogP contribution in [0.3, 0.4) is 0 Å². The van der Waals surface area contributed by atoms with Crippen molar-refractivity contribution in [2.45, 2.75) is 10.9 Å². The molecule has 0 aliphatic carbocycles. The Kier molecular flexibility index (Phi) is 4.71. The molecule has 1 heterocycles. The molecule has 0 saturated carbocycles. The van der Waals surface area contributed by atoms with Crippen molar-refractivity contribution in [2.24, 2.45) is 0 Å². The SMILES string of the molecule is COc1ccc([N+](=O)[O-])cc1CSc1nnnn1-c1ccccc1. The Balaban J connectivity index is 1.83. The number of para-hydroxylation sites is 1. The van der Waals surface area contributed by atoms with Gasteiger partial charge in [-0.15, -0.1) is 5.10 Å². The van der Waals surface area contributed by atoms with Crippen molar-refractivity contribution in [1.82, 2.24) is 20.2 Å². The lowest BCUT2D eigenvalue weighted by atomic mass is 10.2. The van der Waals surface area contributed by atoms with Crippen molar-refractivity contribution in [2.75, 3.05) is 7.11 Å². The van der Waals surface area contributed by atoms with E-state index in [0.29, 0.717) is 22.2 Å². The molecule has 2 aromatic carbocycles. The number of thioether (sulfide) groups is 1. The maximum absolute atomic E-state index is 10.9. The fraction of sp³-hybridized carbons (Fsp3) is 0.133. The van der Waals surface area contributed by atoms with E-state index in [1.54, 1.807) is 10.7 Å². The van der Waals surface area contributed by atoms with Crippen molar-refractivity contribution in [3.8, 4) is 11.4 Å². The van der Waals surface area contributed by atoms with E-state index in [1.807, 2.05) is 30.3 Å². The average Bonchev–Trinajstić information content (AvgIpc) is 3.09. The topological polar surface area (TPSA) is 96.0 Å². The normalized spacial score (nSPS) is 10.5. The molecule has 0 atom stereocenters. The van der Waals surface area contributed by atoms with Gasteiger partial charge in [-0.2, -0.15) is 4.68 Å². The van der Waals surface area contributed by atoms with Crippen LogP contribution in [0.4, 0.5) is 5.69 Å². The predicted octanol–water partition coefficient (Wildman–Crippen LogP) is 2.87. The molecule has 9 heteroatoms. The van der Waals surface area contributed by atoms with Gasteiger partial charge in [0.05, 0.1) is 17.7 Å². The minimum Gasteiger partial charge on any atom is -0.496 e. The highest BCUT2D eigenvalue weighted by atomic mass is 32.2. The van der Waals surface area contributed by atoms with E-state index in [4.69, 9.17) is 4.74 Å². The summed E-state index contributed by atoms with van der Waals surface area (Å²) >= 11 is 1.38. The fourth-order valence-corrected chi connectivity index (χ4v) is 3.00. The van der Waals surface area contributed by atoms with Crippen LogP contribution in [0.15, 0.2) is 53.7 Å². The first-order valence-corrected chi connectivity index (χ1v) is 7.95. The number of benzene rings is 2. The van der Waals surface area contributed by atoms with Gasteiger partial charge in [0.1, 0.15) is 5.75 Å². The summed E-state index contributed by atoms with van der Waals surface area (Å²) < 4.78 is 6.89. The van der Waals surface area contributed by atoms with Gasteiger partial charge < -0.3 is 4.74 Å². The highest BCUT2D eigenvalue weighted by molar-refractivity contribution is 7.98. The predicted molar refractivity (Wildman–Crippen MR) is 88.4 cm³/mol. The molecule has 3 aromatic rings. The number of hydrogen-bond donors (Lipinski definition) is 0. The zero-order valence-electron chi connectivity index (χ0n) is 12.7. The van der Waals surface area contributed by atoms with Crippen molar-refractivity contribution < 1.29 is 9.66 Å². The van der Waals surface area contributed by atoms with Gasteiger partial charge in [-0.25, -0.2) is 0 Å². The van der Waals surface area contributed by atoms with Gasteiger partial charge in [-0.3, -0.25) is 10.1 Å². The van der Waals surface area contributed by atoms with Crippen molar-refractivity contribution in [3.63, 3.8) is 0 Å². The molecule has 0 amide bonds. The molecule has 3 rings (SSSR count). The molecule has 0 aliphatic heterocycles. The first kappa shape index (κ1) is 15.9. The van der Waals surface area contributed by atoms with Crippen molar-refractivity contribution in [1.29, 1.82) is 0 Å². The smallest absolute Gasteiger partial charge is 0.270 e. The molecule has 0 unspecified atom stereocenters. The summed E-state index contributed by atoms with van der Waals surface area (Å²) in [6.45, 7) is 0. The third-order valence-electron chi connectivity index (χ3n) is 3.27. The third kappa shape index (κ3) is 3.35. The quantitative estimate of drug-likeness (QED) is 0.386. The van der Waals surface area contributed by atoms with Gasteiger partial charge in [0.25, 0.3) is 5.69 Å². The molecule has 0 N–H and O–H groups in total. The molecule has 0 bridgehead atoms. The van der Waals surface area contributed by atoms with Gasteiger partial charge in [0.2, 0.25) is 5.16 Å². The lowest BCUT2D eigenvalue weighted by Gasteiger charge is -2.08. The summed E-state index contributed by atoms with van der Waals surface area (Å²) in [6, 6.07) is 14.0. The van der Waals surface area contributed by atoms with E-state index in [2.05, 4.69) is 15.5 Å². The second kappa shape index (κ2) is 7.09. The van der Waals surface area contributed by atoms with E-state index >= 15 is 0 Å². The lowest BCUT2D eigenvalue weighted by molar-refractivity contribution is -0.384. The first-order valence-electron chi connectivity index (χ1n) is 6.97. The first-order chi connectivity index (χ1) is 11.7. The molecule has 0 spiro atoms. The van der Waals surface area contributed by atoms with Crippen LogP contribution in [0, 0.1) is 10.1 Å².